The van der Waals surface area contributed by atoms with Crippen molar-refractivity contribution in [1.82, 2.24) is 4.98 Å². The summed E-state index contributed by atoms with van der Waals surface area (Å²) >= 11 is 2.56. The van der Waals surface area contributed by atoms with E-state index < -0.39 is 17.7 Å². The Balaban J connectivity index is 1.65. The summed E-state index contributed by atoms with van der Waals surface area (Å²) in [5.74, 6) is -0.320. The molecule has 4 aromatic rings. The highest BCUT2D eigenvalue weighted by molar-refractivity contribution is 7.22. The Kier molecular flexibility index (Phi) is 6.27. The number of aliphatic hydroxyl groups is 1. The first kappa shape index (κ1) is 23.1. The first-order valence-electron chi connectivity index (χ1n) is 11.0. The molecular weight excluding hydrogens is 484 g/mol. The molecule has 1 atom stereocenters. The van der Waals surface area contributed by atoms with E-state index in [0.717, 1.165) is 11.1 Å². The Hall–Kier alpha value is -3.69. The number of nitrogens with zero attached hydrogens (tertiary/aromatic N) is 2. The SMILES string of the molecule is CCCOc1cccc([C@H]2C(C(=O)c3cccs3)=C(O)C(=O)N2c2nc3ccc(OC)cc3s2)c1. The molecule has 178 valence electrons. The molecule has 0 spiro atoms. The van der Waals surface area contributed by atoms with Crippen molar-refractivity contribution in [2.75, 3.05) is 18.6 Å². The molecule has 1 aliphatic rings. The van der Waals surface area contributed by atoms with Gasteiger partial charge < -0.3 is 14.6 Å². The van der Waals surface area contributed by atoms with E-state index in [2.05, 4.69) is 4.98 Å². The second-order valence-corrected chi connectivity index (χ2v) is 9.85. The molecule has 0 radical (unpaired) electrons. The molecule has 0 unspecified atom stereocenters. The van der Waals surface area contributed by atoms with Crippen LogP contribution < -0.4 is 14.4 Å². The highest BCUT2D eigenvalue weighted by Gasteiger charge is 2.46. The summed E-state index contributed by atoms with van der Waals surface area (Å²) in [5, 5.41) is 13.1. The number of Topliss-reactive ketones (excluding diaryl/α,β-unsaturated/α-hetero) is 1. The van der Waals surface area contributed by atoms with E-state index in [9.17, 15) is 14.7 Å². The van der Waals surface area contributed by atoms with Crippen molar-refractivity contribution in [3.63, 3.8) is 0 Å². The van der Waals surface area contributed by atoms with Crippen molar-refractivity contribution in [2.24, 2.45) is 0 Å². The van der Waals surface area contributed by atoms with E-state index in [1.165, 1.54) is 27.6 Å². The normalized spacial score (nSPS) is 15.8. The fraction of sp³-hybridized carbons (Fsp3) is 0.192. The fourth-order valence-electron chi connectivity index (χ4n) is 4.01. The number of ketones is 1. The number of rotatable bonds is 8. The minimum absolute atomic E-state index is 0.0296. The average molecular weight is 507 g/mol. The summed E-state index contributed by atoms with van der Waals surface area (Å²) < 4.78 is 11.9. The lowest BCUT2D eigenvalue weighted by atomic mass is 9.95. The van der Waals surface area contributed by atoms with Gasteiger partial charge in [-0.25, -0.2) is 4.98 Å². The number of fused-ring (bicyclic) bond motifs is 1. The van der Waals surface area contributed by atoms with Gasteiger partial charge in [0.25, 0.3) is 5.91 Å². The molecule has 1 amide bonds. The molecular formula is C26H22N2O5S2. The number of hydrogen-bond acceptors (Lipinski definition) is 8. The highest BCUT2D eigenvalue weighted by Crippen LogP contribution is 2.45. The van der Waals surface area contributed by atoms with Crippen LogP contribution in [0, 0.1) is 0 Å². The topological polar surface area (TPSA) is 89.0 Å². The van der Waals surface area contributed by atoms with Crippen LogP contribution in [-0.2, 0) is 4.79 Å². The smallest absolute Gasteiger partial charge is 0.296 e. The molecule has 3 heterocycles. The maximum Gasteiger partial charge on any atom is 0.296 e. The van der Waals surface area contributed by atoms with E-state index in [1.807, 2.05) is 37.3 Å². The molecule has 2 aromatic heterocycles. The van der Waals surface area contributed by atoms with Gasteiger partial charge in [-0.2, -0.15) is 0 Å². The summed E-state index contributed by atoms with van der Waals surface area (Å²) in [5.41, 5.74) is 1.37. The molecule has 0 aliphatic carbocycles. The number of aliphatic hydroxyl groups excluding tert-OH is 1. The van der Waals surface area contributed by atoms with Crippen LogP contribution in [0.15, 0.2) is 71.3 Å². The number of amides is 1. The molecule has 1 N–H and O–H groups in total. The Morgan fingerprint density at radius 1 is 1.14 bits per heavy atom. The highest BCUT2D eigenvalue weighted by atomic mass is 32.1. The van der Waals surface area contributed by atoms with Crippen LogP contribution in [0.3, 0.4) is 0 Å². The maximum atomic E-state index is 13.5. The van der Waals surface area contributed by atoms with E-state index in [0.29, 0.717) is 39.2 Å². The lowest BCUT2D eigenvalue weighted by Crippen LogP contribution is -2.30. The molecule has 0 fully saturated rings. The van der Waals surface area contributed by atoms with Crippen molar-refractivity contribution in [2.45, 2.75) is 19.4 Å². The van der Waals surface area contributed by atoms with Crippen LogP contribution in [0.2, 0.25) is 0 Å². The van der Waals surface area contributed by atoms with Gasteiger partial charge in [0, 0.05) is 0 Å². The van der Waals surface area contributed by atoms with Crippen LogP contribution in [-0.4, -0.2) is 35.5 Å². The number of hydrogen-bond donors (Lipinski definition) is 1. The van der Waals surface area contributed by atoms with Gasteiger partial charge in [-0.3, -0.25) is 14.5 Å². The fourth-order valence-corrected chi connectivity index (χ4v) is 5.71. The first-order valence-corrected chi connectivity index (χ1v) is 12.7. The molecule has 7 nitrogen and oxygen atoms in total. The molecule has 0 saturated carbocycles. The molecule has 0 saturated heterocycles. The van der Waals surface area contributed by atoms with Crippen molar-refractivity contribution in [3.8, 4) is 11.5 Å². The van der Waals surface area contributed by atoms with Gasteiger partial charge in [-0.05, 0) is 53.8 Å². The second kappa shape index (κ2) is 9.52. The van der Waals surface area contributed by atoms with Crippen molar-refractivity contribution in [1.29, 1.82) is 0 Å². The number of anilines is 1. The number of ether oxygens (including phenoxy) is 2. The van der Waals surface area contributed by atoms with Gasteiger partial charge in [0.2, 0.25) is 5.78 Å². The summed E-state index contributed by atoms with van der Waals surface area (Å²) in [7, 11) is 1.58. The summed E-state index contributed by atoms with van der Waals surface area (Å²) in [6.07, 6.45) is 0.843. The largest absolute Gasteiger partial charge is 0.503 e. The lowest BCUT2D eigenvalue weighted by molar-refractivity contribution is -0.117. The molecule has 2 aromatic carbocycles. The number of benzene rings is 2. The standard InChI is InChI=1S/C26H22N2O5S2/c1-3-11-33-17-7-4-6-15(13-17)22-21(23(29)19-8-5-12-34-19)24(30)25(31)28(22)26-27-18-10-9-16(32-2)14-20(18)35-26/h4-10,12-14,22,30H,3,11H2,1-2H3/t22-/m0/s1. The maximum absolute atomic E-state index is 13.5. The minimum atomic E-state index is -0.857. The molecule has 5 rings (SSSR count). The predicted molar refractivity (Wildman–Crippen MR) is 137 cm³/mol. The van der Waals surface area contributed by atoms with E-state index >= 15 is 0 Å². The van der Waals surface area contributed by atoms with Crippen LogP contribution >= 0.6 is 22.7 Å². The quantitative estimate of drug-likeness (QED) is 0.298. The van der Waals surface area contributed by atoms with E-state index in [1.54, 1.807) is 36.8 Å². The van der Waals surface area contributed by atoms with Crippen molar-refractivity contribution < 1.29 is 24.2 Å². The Bertz CT molecular complexity index is 1440. The predicted octanol–water partition coefficient (Wildman–Crippen LogP) is 5.94. The zero-order valence-electron chi connectivity index (χ0n) is 19.1. The first-order chi connectivity index (χ1) is 17.0. The van der Waals surface area contributed by atoms with Crippen molar-refractivity contribution >= 4 is 49.7 Å². The Morgan fingerprint density at radius 2 is 2.00 bits per heavy atom. The van der Waals surface area contributed by atoms with E-state index in [4.69, 9.17) is 9.47 Å². The van der Waals surface area contributed by atoms with Gasteiger partial charge in [0.05, 0.1) is 40.4 Å². The van der Waals surface area contributed by atoms with Crippen LogP contribution in [0.5, 0.6) is 11.5 Å². The number of thiophene rings is 1. The third kappa shape index (κ3) is 4.17. The summed E-state index contributed by atoms with van der Waals surface area (Å²) in [4.78, 5) is 33.4. The average Bonchev–Trinajstić information content (AvgIpc) is 3.61. The number of thiazole rings is 1. The van der Waals surface area contributed by atoms with Gasteiger partial charge >= 0.3 is 0 Å². The summed E-state index contributed by atoms with van der Waals surface area (Å²) in [6, 6.07) is 15.3. The number of aromatic nitrogens is 1. The molecule has 0 bridgehead atoms. The van der Waals surface area contributed by atoms with Gasteiger partial charge in [-0.15, -0.1) is 11.3 Å². The second-order valence-electron chi connectivity index (χ2n) is 7.90. The summed E-state index contributed by atoms with van der Waals surface area (Å²) in [6.45, 7) is 2.56. The zero-order chi connectivity index (χ0) is 24.5. The Labute approximate surface area is 209 Å². The molecule has 1 aliphatic heterocycles. The molecule has 35 heavy (non-hydrogen) atoms. The van der Waals surface area contributed by atoms with Gasteiger partial charge in [0.1, 0.15) is 11.5 Å². The van der Waals surface area contributed by atoms with Gasteiger partial charge in [0.15, 0.2) is 10.9 Å². The third-order valence-corrected chi connectivity index (χ3v) is 7.52. The number of methoxy groups -OCH3 is 1. The van der Waals surface area contributed by atoms with Gasteiger partial charge in [-0.1, -0.05) is 36.5 Å². The monoisotopic (exact) mass is 506 g/mol. The number of carbonyl (C=O) groups is 2. The van der Waals surface area contributed by atoms with Crippen LogP contribution in [0.1, 0.15) is 34.6 Å². The van der Waals surface area contributed by atoms with Crippen LogP contribution in [0.25, 0.3) is 10.2 Å². The molecule has 9 heteroatoms. The minimum Gasteiger partial charge on any atom is -0.503 e. The lowest BCUT2D eigenvalue weighted by Gasteiger charge is -2.24. The third-order valence-electron chi connectivity index (χ3n) is 5.63. The van der Waals surface area contributed by atoms with Crippen LogP contribution in [0.4, 0.5) is 5.13 Å². The van der Waals surface area contributed by atoms with Crippen molar-refractivity contribution in [3.05, 3.63) is 81.8 Å². The van der Waals surface area contributed by atoms with E-state index in [-0.39, 0.29) is 11.4 Å². The Morgan fingerprint density at radius 3 is 2.74 bits per heavy atom. The number of carbonyl (C=O) groups excluding carboxylic acids is 2. The zero-order valence-corrected chi connectivity index (χ0v) is 20.7.